The first-order valence-electron chi connectivity index (χ1n) is 12.1. The molecule has 1 aromatic carbocycles. The number of aryl methyl sites for hydroxylation is 2. The summed E-state index contributed by atoms with van der Waals surface area (Å²) in [7, 11) is 0. The Bertz CT molecular complexity index is 1470. The SMILES string of the molecule is C=C/C=C(\C(=C)C#N)c1ccc(Cn2c(CCC)nc(C(C)(C)O)c2C(=O)OCc2oc(=O)oc2C)cc1. The number of benzene rings is 1. The molecule has 38 heavy (non-hydrogen) atoms. The number of nitriles is 1. The van der Waals surface area contributed by atoms with Crippen LogP contribution in [-0.4, -0.2) is 20.6 Å². The Balaban J connectivity index is 2.01. The Morgan fingerprint density at radius 3 is 2.50 bits per heavy atom. The average Bonchev–Trinajstić information content (AvgIpc) is 3.40. The highest BCUT2D eigenvalue weighted by molar-refractivity contribution is 5.89. The minimum absolute atomic E-state index is 0.103. The first kappa shape index (κ1) is 28.2. The monoisotopic (exact) mass is 517 g/mol. The lowest BCUT2D eigenvalue weighted by molar-refractivity contribution is 0.0395. The van der Waals surface area contributed by atoms with E-state index in [1.54, 1.807) is 30.6 Å². The van der Waals surface area contributed by atoms with Gasteiger partial charge in [0.05, 0.1) is 11.6 Å². The Morgan fingerprint density at radius 2 is 1.97 bits per heavy atom. The van der Waals surface area contributed by atoms with E-state index in [0.717, 1.165) is 17.5 Å². The van der Waals surface area contributed by atoms with Crippen LogP contribution in [-0.2, 0) is 29.9 Å². The molecule has 2 aromatic heterocycles. The molecule has 9 nitrogen and oxygen atoms in total. The summed E-state index contributed by atoms with van der Waals surface area (Å²) in [5.74, 6) is -0.662. The highest BCUT2D eigenvalue weighted by Crippen LogP contribution is 2.28. The molecule has 0 saturated carbocycles. The third-order valence-electron chi connectivity index (χ3n) is 5.81. The molecule has 3 rings (SSSR count). The lowest BCUT2D eigenvalue weighted by Crippen LogP contribution is -2.23. The Morgan fingerprint density at radius 1 is 1.29 bits per heavy atom. The normalized spacial score (nSPS) is 11.7. The second kappa shape index (κ2) is 11.8. The fraction of sp³-hybridized carbons (Fsp3) is 0.310. The maximum atomic E-state index is 13.4. The van der Waals surface area contributed by atoms with Gasteiger partial charge < -0.3 is 23.2 Å². The van der Waals surface area contributed by atoms with Crippen LogP contribution in [0.4, 0.5) is 0 Å². The molecule has 0 bridgehead atoms. The van der Waals surface area contributed by atoms with Crippen molar-refractivity contribution >= 4 is 11.5 Å². The van der Waals surface area contributed by atoms with Gasteiger partial charge in [0.2, 0.25) is 0 Å². The van der Waals surface area contributed by atoms with E-state index in [0.29, 0.717) is 23.4 Å². The molecule has 0 aliphatic heterocycles. The Labute approximate surface area is 221 Å². The van der Waals surface area contributed by atoms with Gasteiger partial charge in [0, 0.05) is 13.0 Å². The number of imidazole rings is 1. The summed E-state index contributed by atoms with van der Waals surface area (Å²) in [5, 5.41) is 20.1. The van der Waals surface area contributed by atoms with Gasteiger partial charge in [-0.1, -0.05) is 56.5 Å². The van der Waals surface area contributed by atoms with Gasteiger partial charge in [-0.25, -0.2) is 14.6 Å². The summed E-state index contributed by atoms with van der Waals surface area (Å²) >= 11 is 0. The van der Waals surface area contributed by atoms with E-state index in [4.69, 9.17) is 13.6 Å². The molecule has 0 unspecified atom stereocenters. The highest BCUT2D eigenvalue weighted by atomic mass is 16.6. The minimum atomic E-state index is -1.42. The number of rotatable bonds is 11. The second-order valence-corrected chi connectivity index (χ2v) is 9.23. The van der Waals surface area contributed by atoms with Crippen LogP contribution in [0.25, 0.3) is 5.57 Å². The molecule has 0 radical (unpaired) electrons. The van der Waals surface area contributed by atoms with Crippen LogP contribution >= 0.6 is 0 Å². The van der Waals surface area contributed by atoms with Gasteiger partial charge in [0.25, 0.3) is 0 Å². The molecule has 3 aromatic rings. The van der Waals surface area contributed by atoms with Crippen molar-refractivity contribution in [3.63, 3.8) is 0 Å². The number of allylic oxidation sites excluding steroid dienone is 4. The van der Waals surface area contributed by atoms with Gasteiger partial charge in [-0.3, -0.25) is 0 Å². The van der Waals surface area contributed by atoms with Crippen LogP contribution in [0.3, 0.4) is 0 Å². The maximum absolute atomic E-state index is 13.4. The lowest BCUT2D eigenvalue weighted by atomic mass is 9.98. The zero-order valence-corrected chi connectivity index (χ0v) is 22.0. The van der Waals surface area contributed by atoms with Gasteiger partial charge in [-0.2, -0.15) is 5.26 Å². The fourth-order valence-corrected chi connectivity index (χ4v) is 3.94. The van der Waals surface area contributed by atoms with E-state index >= 15 is 0 Å². The second-order valence-electron chi connectivity index (χ2n) is 9.23. The summed E-state index contributed by atoms with van der Waals surface area (Å²) in [6.07, 6.45) is 4.66. The summed E-state index contributed by atoms with van der Waals surface area (Å²) in [5.41, 5.74) is 1.52. The predicted molar refractivity (Wildman–Crippen MR) is 141 cm³/mol. The molecule has 0 saturated heterocycles. The number of aliphatic hydroxyl groups is 1. The molecule has 0 spiro atoms. The van der Waals surface area contributed by atoms with Gasteiger partial charge >= 0.3 is 11.8 Å². The van der Waals surface area contributed by atoms with Crippen LogP contribution in [0.15, 0.2) is 68.8 Å². The third-order valence-corrected chi connectivity index (χ3v) is 5.81. The standard InChI is InChI=1S/C29H31N3O6/c1-7-9-22(18(3)15-30)21-13-11-20(12-14-21)16-32-24(10-8-2)31-26(29(5,6)35)25(32)27(33)36-17-23-19(4)37-28(34)38-23/h7,9,11-14,35H,1,3,8,10,16-17H2,2,4-6H3/b22-9+. The molecule has 9 heteroatoms. The number of nitrogens with zero attached hydrogens (tertiary/aromatic N) is 3. The van der Waals surface area contributed by atoms with Crippen molar-refractivity contribution in [2.75, 3.05) is 0 Å². The van der Waals surface area contributed by atoms with Crippen LogP contribution < -0.4 is 5.82 Å². The number of esters is 1. The quantitative estimate of drug-likeness (QED) is 0.214. The maximum Gasteiger partial charge on any atom is 0.519 e. The van der Waals surface area contributed by atoms with Crippen molar-refractivity contribution in [3.05, 3.63) is 106 Å². The molecule has 0 atom stereocenters. The smallest absolute Gasteiger partial charge is 0.453 e. The largest absolute Gasteiger partial charge is 0.519 e. The minimum Gasteiger partial charge on any atom is -0.453 e. The Kier molecular flexibility index (Phi) is 8.71. The Hall–Kier alpha value is -4.42. The molecule has 0 aliphatic rings. The van der Waals surface area contributed by atoms with Crippen molar-refractivity contribution < 1.29 is 23.5 Å². The van der Waals surface area contributed by atoms with Crippen molar-refractivity contribution in [3.8, 4) is 6.07 Å². The number of ether oxygens (including phenoxy) is 1. The van der Waals surface area contributed by atoms with E-state index in [-0.39, 0.29) is 36.1 Å². The number of carbonyl (C=O) groups is 1. The summed E-state index contributed by atoms with van der Waals surface area (Å²) in [6, 6.07) is 9.56. The van der Waals surface area contributed by atoms with Crippen LogP contribution in [0, 0.1) is 18.3 Å². The first-order chi connectivity index (χ1) is 18.0. The van der Waals surface area contributed by atoms with E-state index in [2.05, 4.69) is 24.2 Å². The van der Waals surface area contributed by atoms with Crippen LogP contribution in [0.1, 0.15) is 71.8 Å². The third kappa shape index (κ3) is 6.28. The number of hydrogen-bond donors (Lipinski definition) is 1. The molecular weight excluding hydrogens is 486 g/mol. The first-order valence-corrected chi connectivity index (χ1v) is 12.1. The average molecular weight is 518 g/mol. The van der Waals surface area contributed by atoms with Gasteiger partial charge in [0.15, 0.2) is 23.8 Å². The molecule has 198 valence electrons. The van der Waals surface area contributed by atoms with Crippen molar-refractivity contribution in [2.45, 2.75) is 59.3 Å². The molecule has 0 aliphatic carbocycles. The van der Waals surface area contributed by atoms with E-state index in [9.17, 15) is 20.0 Å². The summed E-state index contributed by atoms with van der Waals surface area (Å²) in [6.45, 7) is 14.1. The van der Waals surface area contributed by atoms with Crippen LogP contribution in [0.2, 0.25) is 0 Å². The van der Waals surface area contributed by atoms with E-state index < -0.39 is 17.4 Å². The van der Waals surface area contributed by atoms with Crippen LogP contribution in [0.5, 0.6) is 0 Å². The highest BCUT2D eigenvalue weighted by Gasteiger charge is 2.33. The summed E-state index contributed by atoms with van der Waals surface area (Å²) < 4.78 is 17.0. The van der Waals surface area contributed by atoms with Gasteiger partial charge in [-0.05, 0) is 43.9 Å². The van der Waals surface area contributed by atoms with E-state index in [1.165, 1.54) is 6.92 Å². The molecule has 1 N–H and O–H groups in total. The van der Waals surface area contributed by atoms with Crippen molar-refractivity contribution in [1.29, 1.82) is 5.26 Å². The zero-order chi connectivity index (χ0) is 28.0. The molecule has 2 heterocycles. The topological polar surface area (TPSA) is 131 Å². The zero-order valence-electron chi connectivity index (χ0n) is 22.0. The number of carbonyl (C=O) groups excluding carboxylic acids is 1. The predicted octanol–water partition coefficient (Wildman–Crippen LogP) is 4.97. The molecule has 0 amide bonds. The van der Waals surface area contributed by atoms with Gasteiger partial charge in [0.1, 0.15) is 17.1 Å². The lowest BCUT2D eigenvalue weighted by Gasteiger charge is -2.17. The van der Waals surface area contributed by atoms with Crippen molar-refractivity contribution in [1.82, 2.24) is 9.55 Å². The van der Waals surface area contributed by atoms with E-state index in [1.807, 2.05) is 31.2 Å². The molecular formula is C29H31N3O6. The fourth-order valence-electron chi connectivity index (χ4n) is 3.94. The molecule has 0 fully saturated rings. The number of hydrogen-bond acceptors (Lipinski definition) is 8. The van der Waals surface area contributed by atoms with Gasteiger partial charge in [-0.15, -0.1) is 0 Å². The van der Waals surface area contributed by atoms with Crippen molar-refractivity contribution in [2.24, 2.45) is 0 Å². The number of aromatic nitrogens is 2. The summed E-state index contributed by atoms with van der Waals surface area (Å²) in [4.78, 5) is 29.3.